The zero-order valence-electron chi connectivity index (χ0n) is 9.77. The van der Waals surface area contributed by atoms with E-state index >= 15 is 0 Å². The first-order chi connectivity index (χ1) is 8.28. The molecule has 0 saturated heterocycles. The molecule has 0 bridgehead atoms. The molecule has 2 aromatic heterocycles. The Bertz CT molecular complexity index is 483. The van der Waals surface area contributed by atoms with Crippen molar-refractivity contribution in [2.75, 3.05) is 24.2 Å². The molecule has 0 saturated carbocycles. The molecule has 2 rings (SSSR count). The summed E-state index contributed by atoms with van der Waals surface area (Å²) in [7, 11) is 1.78. The van der Waals surface area contributed by atoms with Gasteiger partial charge in [0.25, 0.3) is 0 Å². The molecule has 90 valence electrons. The number of rotatable bonds is 5. The lowest BCUT2D eigenvalue weighted by Crippen LogP contribution is -2.08. The van der Waals surface area contributed by atoms with Crippen molar-refractivity contribution in [2.24, 2.45) is 0 Å². The van der Waals surface area contributed by atoms with Gasteiger partial charge in [0.15, 0.2) is 5.82 Å². The third-order valence-electron chi connectivity index (χ3n) is 2.10. The molecule has 17 heavy (non-hydrogen) atoms. The third-order valence-corrected chi connectivity index (χ3v) is 2.10. The normalized spacial score (nSPS) is 10.2. The molecule has 0 aliphatic heterocycles. The van der Waals surface area contributed by atoms with Crippen LogP contribution in [0.15, 0.2) is 16.8 Å². The largest absolute Gasteiger partial charge is 0.369 e. The van der Waals surface area contributed by atoms with E-state index in [9.17, 15) is 0 Å². The minimum atomic E-state index is 0.583. The molecule has 0 aliphatic rings. The van der Waals surface area contributed by atoms with Gasteiger partial charge in [-0.1, -0.05) is 5.16 Å². The molecule has 0 aliphatic carbocycles. The fourth-order valence-electron chi connectivity index (χ4n) is 1.32. The Hall–Kier alpha value is -2.18. The lowest BCUT2D eigenvalue weighted by Gasteiger charge is -2.04. The highest BCUT2D eigenvalue weighted by Crippen LogP contribution is 2.05. The predicted molar refractivity (Wildman–Crippen MR) is 62.8 cm³/mol. The molecular weight excluding hydrogens is 220 g/mol. The first kappa shape index (κ1) is 11.3. The molecule has 0 spiro atoms. The predicted octanol–water partition coefficient (Wildman–Crippen LogP) is 0.864. The van der Waals surface area contributed by atoms with Crippen LogP contribution < -0.4 is 10.6 Å². The van der Waals surface area contributed by atoms with Gasteiger partial charge in [-0.3, -0.25) is 0 Å². The van der Waals surface area contributed by atoms with Gasteiger partial charge >= 0.3 is 0 Å². The number of nitrogens with zero attached hydrogens (tertiary/aromatic N) is 4. The van der Waals surface area contributed by atoms with Gasteiger partial charge in [-0.2, -0.15) is 9.97 Å². The van der Waals surface area contributed by atoms with Crippen LogP contribution in [0.5, 0.6) is 0 Å². The molecule has 0 aromatic carbocycles. The second-order valence-electron chi connectivity index (χ2n) is 3.42. The van der Waals surface area contributed by atoms with E-state index in [0.717, 1.165) is 5.82 Å². The fourth-order valence-corrected chi connectivity index (χ4v) is 1.32. The molecule has 2 aromatic rings. The molecule has 2 heterocycles. The summed E-state index contributed by atoms with van der Waals surface area (Å²) in [5.74, 6) is 2.63. The molecular formula is C10H14N6O. The molecule has 7 heteroatoms. The van der Waals surface area contributed by atoms with Gasteiger partial charge in [-0.25, -0.2) is 4.98 Å². The van der Waals surface area contributed by atoms with Gasteiger partial charge in [-0.05, 0) is 6.07 Å². The molecule has 0 fully saturated rings. The molecule has 0 atom stereocenters. The van der Waals surface area contributed by atoms with Gasteiger partial charge in [0, 0.05) is 33.1 Å². The van der Waals surface area contributed by atoms with Crippen LogP contribution in [-0.2, 0) is 6.42 Å². The Morgan fingerprint density at radius 3 is 2.94 bits per heavy atom. The van der Waals surface area contributed by atoms with Crippen LogP contribution in [0.25, 0.3) is 0 Å². The fraction of sp³-hybridized carbons (Fsp3) is 0.400. The van der Waals surface area contributed by atoms with E-state index in [4.69, 9.17) is 4.52 Å². The summed E-state index contributed by atoms with van der Waals surface area (Å²) >= 11 is 0. The van der Waals surface area contributed by atoms with Crippen LogP contribution in [0.1, 0.15) is 11.7 Å². The molecule has 7 nitrogen and oxygen atoms in total. The quantitative estimate of drug-likeness (QED) is 0.793. The molecule has 0 amide bonds. The standard InChI is InChI=1S/C10H14N6O/c1-7-14-9(16-17-7)4-5-12-8-3-6-13-10(11-2)15-8/h3,6H,4-5H2,1-2H3,(H2,11,12,13,15). The van der Waals surface area contributed by atoms with Crippen LogP contribution in [0.4, 0.5) is 11.8 Å². The zero-order valence-corrected chi connectivity index (χ0v) is 9.77. The number of hydrogen-bond acceptors (Lipinski definition) is 7. The molecule has 2 N–H and O–H groups in total. The summed E-state index contributed by atoms with van der Waals surface area (Å²) in [6.45, 7) is 2.46. The van der Waals surface area contributed by atoms with E-state index in [1.807, 2.05) is 6.07 Å². The average Bonchev–Trinajstić information content (AvgIpc) is 2.75. The van der Waals surface area contributed by atoms with E-state index in [2.05, 4.69) is 30.7 Å². The summed E-state index contributed by atoms with van der Waals surface area (Å²) in [5, 5.41) is 9.85. The van der Waals surface area contributed by atoms with Crippen LogP contribution in [0, 0.1) is 6.92 Å². The van der Waals surface area contributed by atoms with Gasteiger partial charge in [0.1, 0.15) is 5.82 Å². The minimum Gasteiger partial charge on any atom is -0.369 e. The van der Waals surface area contributed by atoms with E-state index in [1.165, 1.54) is 0 Å². The van der Waals surface area contributed by atoms with Gasteiger partial charge < -0.3 is 15.2 Å². The highest BCUT2D eigenvalue weighted by atomic mass is 16.5. The second-order valence-corrected chi connectivity index (χ2v) is 3.42. The van der Waals surface area contributed by atoms with Crippen molar-refractivity contribution in [3.05, 3.63) is 24.0 Å². The maximum atomic E-state index is 4.88. The van der Waals surface area contributed by atoms with Crippen molar-refractivity contribution in [3.63, 3.8) is 0 Å². The van der Waals surface area contributed by atoms with Crippen LogP contribution in [-0.4, -0.2) is 33.7 Å². The van der Waals surface area contributed by atoms with Crippen molar-refractivity contribution in [2.45, 2.75) is 13.3 Å². The van der Waals surface area contributed by atoms with Gasteiger partial charge in [0.2, 0.25) is 11.8 Å². The monoisotopic (exact) mass is 234 g/mol. The van der Waals surface area contributed by atoms with Crippen LogP contribution in [0.3, 0.4) is 0 Å². The van der Waals surface area contributed by atoms with Crippen molar-refractivity contribution in [1.29, 1.82) is 0 Å². The van der Waals surface area contributed by atoms with E-state index < -0.39 is 0 Å². The molecule has 0 radical (unpaired) electrons. The lowest BCUT2D eigenvalue weighted by atomic mass is 10.4. The van der Waals surface area contributed by atoms with Crippen molar-refractivity contribution >= 4 is 11.8 Å². The highest BCUT2D eigenvalue weighted by Gasteiger charge is 2.02. The first-order valence-electron chi connectivity index (χ1n) is 5.32. The van der Waals surface area contributed by atoms with E-state index in [-0.39, 0.29) is 0 Å². The SMILES string of the molecule is CNc1nccc(NCCc2noc(C)n2)n1. The topological polar surface area (TPSA) is 88.8 Å². The second kappa shape index (κ2) is 5.24. The number of nitrogens with one attached hydrogen (secondary N) is 2. The first-order valence-corrected chi connectivity index (χ1v) is 5.32. The summed E-state index contributed by atoms with van der Waals surface area (Å²) in [5.41, 5.74) is 0. The summed E-state index contributed by atoms with van der Waals surface area (Å²) in [6, 6.07) is 1.81. The van der Waals surface area contributed by atoms with Gasteiger partial charge in [0.05, 0.1) is 0 Å². The van der Waals surface area contributed by atoms with Gasteiger partial charge in [-0.15, -0.1) is 0 Å². The van der Waals surface area contributed by atoms with Crippen LogP contribution in [0.2, 0.25) is 0 Å². The number of anilines is 2. The third kappa shape index (κ3) is 3.13. The Morgan fingerprint density at radius 1 is 1.35 bits per heavy atom. The zero-order chi connectivity index (χ0) is 12.1. The number of aromatic nitrogens is 4. The summed E-state index contributed by atoms with van der Waals surface area (Å²) in [4.78, 5) is 12.4. The number of aryl methyl sites for hydroxylation is 1. The maximum Gasteiger partial charge on any atom is 0.224 e. The van der Waals surface area contributed by atoms with Crippen LogP contribution >= 0.6 is 0 Å². The van der Waals surface area contributed by atoms with E-state index in [1.54, 1.807) is 20.2 Å². The summed E-state index contributed by atoms with van der Waals surface area (Å²) in [6.07, 6.45) is 2.38. The Morgan fingerprint density at radius 2 is 2.24 bits per heavy atom. The van der Waals surface area contributed by atoms with Crippen molar-refractivity contribution in [3.8, 4) is 0 Å². The van der Waals surface area contributed by atoms with E-state index in [0.29, 0.717) is 30.6 Å². The smallest absolute Gasteiger partial charge is 0.224 e. The van der Waals surface area contributed by atoms with Crippen molar-refractivity contribution in [1.82, 2.24) is 20.1 Å². The average molecular weight is 234 g/mol. The minimum absolute atomic E-state index is 0.583. The molecule has 0 unspecified atom stereocenters. The Labute approximate surface area is 98.7 Å². The number of hydrogen-bond donors (Lipinski definition) is 2. The Balaban J connectivity index is 1.85. The highest BCUT2D eigenvalue weighted by molar-refractivity contribution is 5.39. The maximum absolute atomic E-state index is 4.88. The van der Waals surface area contributed by atoms with Crippen molar-refractivity contribution < 1.29 is 4.52 Å². The Kier molecular flexibility index (Phi) is 3.49. The lowest BCUT2D eigenvalue weighted by molar-refractivity contribution is 0.387. The summed E-state index contributed by atoms with van der Waals surface area (Å²) < 4.78 is 4.88.